The van der Waals surface area contributed by atoms with Crippen LogP contribution in [0.4, 0.5) is 8.78 Å². The predicted molar refractivity (Wildman–Crippen MR) is 114 cm³/mol. The number of fused-ring (bicyclic) bond motifs is 1. The van der Waals surface area contributed by atoms with E-state index in [0.717, 1.165) is 25.5 Å². The first kappa shape index (κ1) is 21.2. The van der Waals surface area contributed by atoms with E-state index in [9.17, 15) is 18.4 Å². The van der Waals surface area contributed by atoms with Crippen molar-refractivity contribution in [1.82, 2.24) is 10.6 Å². The molecule has 4 nitrogen and oxygen atoms in total. The van der Waals surface area contributed by atoms with Gasteiger partial charge in [-0.25, -0.2) is 8.78 Å². The maximum absolute atomic E-state index is 14.6. The van der Waals surface area contributed by atoms with E-state index in [0.29, 0.717) is 28.0 Å². The van der Waals surface area contributed by atoms with Crippen molar-refractivity contribution in [2.24, 2.45) is 5.92 Å². The molecule has 1 fully saturated rings. The largest absolute Gasteiger partial charge is 0.345 e. The van der Waals surface area contributed by atoms with Gasteiger partial charge in [0.2, 0.25) is 0 Å². The molecule has 6 heteroatoms. The zero-order valence-corrected chi connectivity index (χ0v) is 17.6. The summed E-state index contributed by atoms with van der Waals surface area (Å²) < 4.78 is 28.5. The average Bonchev–Trinajstić information content (AvgIpc) is 2.71. The molecule has 1 unspecified atom stereocenters. The number of hydrogen-bond donors (Lipinski definition) is 1. The van der Waals surface area contributed by atoms with Crippen molar-refractivity contribution < 1.29 is 18.4 Å². The second-order valence-corrected chi connectivity index (χ2v) is 8.39. The number of carbonyl (C=O) groups excluding carboxylic acids is 2. The Balaban J connectivity index is 1.74. The Labute approximate surface area is 180 Å². The topological polar surface area (TPSA) is 60.3 Å². The third-order valence-electron chi connectivity index (χ3n) is 6.41. The number of carbonyl (C=O) groups is 2. The molecule has 0 spiro atoms. The number of nitrogens with one attached hydrogen (secondary N) is 1. The van der Waals surface area contributed by atoms with Crippen LogP contribution in [0, 0.1) is 17.6 Å². The van der Waals surface area contributed by atoms with E-state index in [1.807, 2.05) is 6.07 Å². The van der Waals surface area contributed by atoms with Gasteiger partial charge in [-0.15, -0.1) is 0 Å². The lowest BCUT2D eigenvalue weighted by Crippen LogP contribution is -2.38. The lowest BCUT2D eigenvalue weighted by molar-refractivity contribution is -0.117. The second kappa shape index (κ2) is 8.61. The molecule has 0 saturated heterocycles. The Morgan fingerprint density at radius 3 is 2.65 bits per heavy atom. The highest BCUT2D eigenvalue weighted by molar-refractivity contribution is 6.21. The fourth-order valence-electron chi connectivity index (χ4n) is 4.44. The third-order valence-corrected chi connectivity index (χ3v) is 6.41. The van der Waals surface area contributed by atoms with Gasteiger partial charge in [0.25, 0.3) is 5.91 Å². The van der Waals surface area contributed by atoms with Crippen LogP contribution in [0.5, 0.6) is 0 Å². The van der Waals surface area contributed by atoms with Crippen molar-refractivity contribution in [2.45, 2.75) is 51.6 Å². The van der Waals surface area contributed by atoms with Crippen LogP contribution in [0.3, 0.4) is 0 Å². The zero-order valence-electron chi connectivity index (χ0n) is 17.6. The number of hydrogen-bond acceptors (Lipinski definition) is 2. The average molecular weight is 423 g/mol. The molecule has 161 valence electrons. The van der Waals surface area contributed by atoms with E-state index in [2.05, 4.69) is 10.6 Å². The Morgan fingerprint density at radius 1 is 1.23 bits per heavy atom. The van der Waals surface area contributed by atoms with E-state index in [4.69, 9.17) is 0 Å². The molecule has 4 rings (SSSR count). The maximum atomic E-state index is 14.6. The van der Waals surface area contributed by atoms with Crippen molar-refractivity contribution in [3.8, 4) is 0 Å². The van der Waals surface area contributed by atoms with E-state index >= 15 is 0 Å². The molecular weight excluding hydrogens is 398 g/mol. The van der Waals surface area contributed by atoms with Crippen LogP contribution >= 0.6 is 0 Å². The van der Waals surface area contributed by atoms with Crippen molar-refractivity contribution in [2.75, 3.05) is 0 Å². The zero-order chi connectivity index (χ0) is 22.1. The van der Waals surface area contributed by atoms with Crippen molar-refractivity contribution in [3.63, 3.8) is 0 Å². The molecular formula is C25H25F2N2O2. The van der Waals surface area contributed by atoms with Crippen molar-refractivity contribution in [3.05, 3.63) is 76.0 Å². The lowest BCUT2D eigenvalue weighted by Gasteiger charge is -2.35. The highest BCUT2D eigenvalue weighted by Crippen LogP contribution is 2.40. The van der Waals surface area contributed by atoms with Crippen LogP contribution in [0.25, 0.3) is 5.57 Å². The summed E-state index contributed by atoms with van der Waals surface area (Å²) in [5.41, 5.74) is 2.89. The number of nitrogens with zero attached hydrogens (tertiary/aromatic N) is 1. The van der Waals surface area contributed by atoms with Crippen LogP contribution in [0.15, 0.2) is 42.1 Å². The Bertz CT molecular complexity index is 1060. The van der Waals surface area contributed by atoms with Gasteiger partial charge in [-0.2, -0.15) is 0 Å². The van der Waals surface area contributed by atoms with Crippen molar-refractivity contribution >= 4 is 17.8 Å². The summed E-state index contributed by atoms with van der Waals surface area (Å²) >= 11 is 0. The Hall–Kier alpha value is -3.02. The van der Waals surface area contributed by atoms with Gasteiger partial charge in [0.1, 0.15) is 17.9 Å². The van der Waals surface area contributed by atoms with Crippen LogP contribution < -0.4 is 10.6 Å². The Kier molecular flexibility index (Phi) is 5.90. The van der Waals surface area contributed by atoms with Crippen molar-refractivity contribution in [1.29, 1.82) is 0 Å². The summed E-state index contributed by atoms with van der Waals surface area (Å²) in [4.78, 5) is 25.0. The lowest BCUT2D eigenvalue weighted by atomic mass is 9.76. The molecule has 0 bridgehead atoms. The Morgan fingerprint density at radius 2 is 2.00 bits per heavy atom. The summed E-state index contributed by atoms with van der Waals surface area (Å²) in [5, 5.41) is 7.44. The quantitative estimate of drug-likeness (QED) is 0.680. The van der Waals surface area contributed by atoms with Gasteiger partial charge < -0.3 is 10.1 Å². The van der Waals surface area contributed by atoms with E-state index < -0.39 is 11.7 Å². The molecule has 2 aliphatic rings. The van der Waals surface area contributed by atoms with Gasteiger partial charge >= 0.3 is 0 Å². The minimum Gasteiger partial charge on any atom is -0.345 e. The number of halogens is 2. The van der Waals surface area contributed by atoms with Gasteiger partial charge in [0.05, 0.1) is 18.2 Å². The van der Waals surface area contributed by atoms with Crippen LogP contribution in [0.2, 0.25) is 0 Å². The predicted octanol–water partition coefficient (Wildman–Crippen LogP) is 4.77. The smallest absolute Gasteiger partial charge is 0.254 e. The normalized spacial score (nSPS) is 17.8. The molecule has 1 amide bonds. The number of allylic oxidation sites excluding steroid dienone is 1. The molecule has 1 aliphatic carbocycles. The van der Waals surface area contributed by atoms with E-state index in [1.54, 1.807) is 26.0 Å². The van der Waals surface area contributed by atoms with Gasteiger partial charge in [-0.05, 0) is 55.0 Å². The van der Waals surface area contributed by atoms with Gasteiger partial charge in [0.15, 0.2) is 0 Å². The third kappa shape index (κ3) is 3.99. The summed E-state index contributed by atoms with van der Waals surface area (Å²) in [6, 6.07) is 8.82. The molecule has 2 atom stereocenters. The monoisotopic (exact) mass is 423 g/mol. The van der Waals surface area contributed by atoms with Gasteiger partial charge in [-0.1, -0.05) is 31.5 Å². The molecule has 1 radical (unpaired) electrons. The molecule has 1 heterocycles. The fourth-order valence-corrected chi connectivity index (χ4v) is 4.44. The molecule has 1 aliphatic heterocycles. The minimum atomic E-state index is -0.492. The highest BCUT2D eigenvalue weighted by atomic mass is 19.1. The SMILES string of the molecule is CC1=C(C(=O)N[C@H](c2cccc(F)c2)C2CCC2)c2c(C(C)C=O)ccc(F)c2C[N]1. The molecule has 1 saturated carbocycles. The first-order valence-electron chi connectivity index (χ1n) is 10.6. The summed E-state index contributed by atoms with van der Waals surface area (Å²) in [6.07, 6.45) is 3.75. The van der Waals surface area contributed by atoms with Crippen LogP contribution in [-0.2, 0) is 16.1 Å². The number of aldehydes is 1. The molecule has 31 heavy (non-hydrogen) atoms. The summed E-state index contributed by atoms with van der Waals surface area (Å²) in [6.45, 7) is 3.57. The number of amides is 1. The molecule has 2 aromatic rings. The highest BCUT2D eigenvalue weighted by Gasteiger charge is 2.34. The first-order valence-corrected chi connectivity index (χ1v) is 10.6. The minimum absolute atomic E-state index is 0.124. The number of rotatable bonds is 6. The number of benzene rings is 2. The van der Waals surface area contributed by atoms with Gasteiger partial charge in [0, 0.05) is 22.7 Å². The molecule has 1 N–H and O–H groups in total. The van der Waals surface area contributed by atoms with E-state index in [1.165, 1.54) is 18.2 Å². The molecule has 0 aromatic heterocycles. The standard InChI is InChI=1S/C25H25F2N2O2/c1-14(13-30)19-9-10-21(27)20-12-28-15(2)22(23(19)20)25(31)29-24(16-5-3-6-16)17-7-4-8-18(26)11-17/h4,7-11,13-14,16,24H,3,5-6,12H2,1-2H3,(H,29,31)/t14?,24-/m0/s1. The second-order valence-electron chi connectivity index (χ2n) is 8.39. The van der Waals surface area contributed by atoms with Crippen LogP contribution in [0.1, 0.15) is 67.3 Å². The first-order chi connectivity index (χ1) is 14.9. The summed E-state index contributed by atoms with van der Waals surface area (Å²) in [5.74, 6) is -1.46. The van der Waals surface area contributed by atoms with Gasteiger partial charge in [-0.3, -0.25) is 10.1 Å². The summed E-state index contributed by atoms with van der Waals surface area (Å²) in [7, 11) is 0. The maximum Gasteiger partial charge on any atom is 0.254 e. The molecule has 2 aromatic carbocycles. The fraction of sp³-hybridized carbons (Fsp3) is 0.360. The van der Waals surface area contributed by atoms with Crippen LogP contribution in [-0.4, -0.2) is 12.2 Å². The van der Waals surface area contributed by atoms with E-state index in [-0.39, 0.29) is 35.8 Å².